The van der Waals surface area contributed by atoms with Crippen LogP contribution < -0.4 is 5.32 Å². The van der Waals surface area contributed by atoms with E-state index in [1.165, 1.54) is 0 Å². The van der Waals surface area contributed by atoms with Gasteiger partial charge in [0.15, 0.2) is 11.3 Å². The first kappa shape index (κ1) is 18.6. The van der Waals surface area contributed by atoms with Crippen molar-refractivity contribution < 1.29 is 4.79 Å². The third-order valence-corrected chi connectivity index (χ3v) is 5.42. The standard InChI is InChI=1S/C20H27N7O/c1-11(2)16-17(14-6-13(5)19-21-10-22-27(19)7-14)24-25-18(16)20(28)23-15-8-26(9-15)12(3)4/h6-7,10-12,15H,8-9H2,1-5H3,(H,23,28)(H,24,25). The lowest BCUT2D eigenvalue weighted by atomic mass is 9.96. The zero-order valence-electron chi connectivity index (χ0n) is 17.0. The summed E-state index contributed by atoms with van der Waals surface area (Å²) in [5, 5.41) is 14.8. The van der Waals surface area contributed by atoms with E-state index in [9.17, 15) is 4.79 Å². The lowest BCUT2D eigenvalue weighted by Gasteiger charge is -2.42. The second-order valence-electron chi connectivity index (χ2n) is 8.17. The Morgan fingerprint density at radius 1 is 1.29 bits per heavy atom. The minimum absolute atomic E-state index is 0.113. The average Bonchev–Trinajstić information content (AvgIpc) is 3.23. The number of pyridine rings is 1. The van der Waals surface area contributed by atoms with Crippen LogP contribution in [0.4, 0.5) is 0 Å². The van der Waals surface area contributed by atoms with Crippen LogP contribution in [0.3, 0.4) is 0 Å². The summed E-state index contributed by atoms with van der Waals surface area (Å²) in [6, 6.07) is 2.74. The number of carbonyl (C=O) groups excluding carboxylic acids is 1. The predicted molar refractivity (Wildman–Crippen MR) is 107 cm³/mol. The molecule has 4 rings (SSSR count). The van der Waals surface area contributed by atoms with Gasteiger partial charge in [-0.05, 0) is 38.3 Å². The van der Waals surface area contributed by atoms with E-state index >= 15 is 0 Å². The van der Waals surface area contributed by atoms with Gasteiger partial charge >= 0.3 is 0 Å². The monoisotopic (exact) mass is 381 g/mol. The summed E-state index contributed by atoms with van der Waals surface area (Å²) in [5.41, 5.74) is 5.06. The molecule has 0 spiro atoms. The number of rotatable bonds is 5. The SMILES string of the molecule is Cc1cc(-c2[nH]nc(C(=O)NC3CN(C(C)C)C3)c2C(C)C)cn2ncnc12. The molecule has 8 nitrogen and oxygen atoms in total. The van der Waals surface area contributed by atoms with Gasteiger partial charge in [-0.25, -0.2) is 9.50 Å². The van der Waals surface area contributed by atoms with E-state index in [2.05, 4.69) is 64.3 Å². The summed E-state index contributed by atoms with van der Waals surface area (Å²) >= 11 is 0. The topological polar surface area (TPSA) is 91.2 Å². The first-order chi connectivity index (χ1) is 13.3. The second-order valence-corrected chi connectivity index (χ2v) is 8.17. The molecule has 0 radical (unpaired) electrons. The molecule has 2 N–H and O–H groups in total. The summed E-state index contributed by atoms with van der Waals surface area (Å²) in [6.45, 7) is 12.3. The van der Waals surface area contributed by atoms with Crippen LogP contribution in [0, 0.1) is 6.92 Å². The van der Waals surface area contributed by atoms with E-state index in [0.29, 0.717) is 11.7 Å². The largest absolute Gasteiger partial charge is 0.345 e. The number of aromatic amines is 1. The number of carbonyl (C=O) groups is 1. The highest BCUT2D eigenvalue weighted by atomic mass is 16.2. The highest BCUT2D eigenvalue weighted by Crippen LogP contribution is 2.31. The number of amides is 1. The molecular weight excluding hydrogens is 354 g/mol. The van der Waals surface area contributed by atoms with Gasteiger partial charge in [0.2, 0.25) is 0 Å². The van der Waals surface area contributed by atoms with Gasteiger partial charge in [0.25, 0.3) is 5.91 Å². The maximum Gasteiger partial charge on any atom is 0.272 e. The molecule has 0 unspecified atom stereocenters. The summed E-state index contributed by atoms with van der Waals surface area (Å²) in [5.74, 6) is 0.0352. The number of aryl methyl sites for hydroxylation is 1. The van der Waals surface area contributed by atoms with Crippen LogP contribution in [0.5, 0.6) is 0 Å². The fourth-order valence-electron chi connectivity index (χ4n) is 3.82. The summed E-state index contributed by atoms with van der Waals surface area (Å²) in [7, 11) is 0. The normalized spacial score (nSPS) is 15.5. The van der Waals surface area contributed by atoms with E-state index in [0.717, 1.165) is 41.1 Å². The van der Waals surface area contributed by atoms with Crippen LogP contribution in [0.15, 0.2) is 18.6 Å². The van der Waals surface area contributed by atoms with Crippen molar-refractivity contribution in [3.63, 3.8) is 0 Å². The average molecular weight is 381 g/mol. The molecule has 4 heterocycles. The molecule has 1 aliphatic heterocycles. The molecule has 148 valence electrons. The molecule has 0 saturated carbocycles. The number of H-pyrrole nitrogens is 1. The van der Waals surface area contributed by atoms with Gasteiger partial charge in [-0.1, -0.05) is 13.8 Å². The quantitative estimate of drug-likeness (QED) is 0.708. The first-order valence-corrected chi connectivity index (χ1v) is 9.78. The van der Waals surface area contributed by atoms with Gasteiger partial charge in [0.05, 0.1) is 11.7 Å². The Morgan fingerprint density at radius 3 is 2.71 bits per heavy atom. The number of hydrogen-bond acceptors (Lipinski definition) is 5. The molecule has 1 saturated heterocycles. The van der Waals surface area contributed by atoms with E-state index in [1.54, 1.807) is 10.8 Å². The van der Waals surface area contributed by atoms with Gasteiger partial charge in [-0.15, -0.1) is 0 Å². The minimum atomic E-state index is -0.113. The van der Waals surface area contributed by atoms with Crippen LogP contribution in [-0.2, 0) is 0 Å². The maximum absolute atomic E-state index is 12.9. The molecule has 3 aromatic heterocycles. The molecule has 3 aromatic rings. The molecule has 8 heteroatoms. The van der Waals surface area contributed by atoms with Crippen molar-refractivity contribution in [2.24, 2.45) is 0 Å². The fourth-order valence-corrected chi connectivity index (χ4v) is 3.82. The number of nitrogens with one attached hydrogen (secondary N) is 2. The van der Waals surface area contributed by atoms with Crippen LogP contribution in [0.2, 0.25) is 0 Å². The predicted octanol–water partition coefficient (Wildman–Crippen LogP) is 2.37. The van der Waals surface area contributed by atoms with E-state index < -0.39 is 0 Å². The molecule has 0 aliphatic carbocycles. The Balaban J connectivity index is 1.63. The van der Waals surface area contributed by atoms with Gasteiger partial charge in [-0.3, -0.25) is 14.8 Å². The van der Waals surface area contributed by atoms with Crippen molar-refractivity contribution in [2.45, 2.75) is 52.6 Å². The zero-order valence-corrected chi connectivity index (χ0v) is 17.0. The van der Waals surface area contributed by atoms with Gasteiger partial charge < -0.3 is 5.32 Å². The fraction of sp³-hybridized carbons (Fsp3) is 0.500. The van der Waals surface area contributed by atoms with Crippen molar-refractivity contribution in [3.8, 4) is 11.3 Å². The number of nitrogens with zero attached hydrogens (tertiary/aromatic N) is 5. The Labute approximate surface area is 164 Å². The Kier molecular flexibility index (Phi) is 4.66. The Hall–Kier alpha value is -2.74. The van der Waals surface area contributed by atoms with Crippen LogP contribution in [0.1, 0.15) is 55.2 Å². The number of likely N-dealkylation sites (tertiary alicyclic amines) is 1. The Morgan fingerprint density at radius 2 is 2.04 bits per heavy atom. The van der Waals surface area contributed by atoms with E-state index in [1.807, 2.05) is 13.1 Å². The zero-order chi connectivity index (χ0) is 20.0. The molecule has 1 aliphatic rings. The molecule has 0 atom stereocenters. The molecular formula is C20H27N7O. The highest BCUT2D eigenvalue weighted by Gasteiger charge is 2.31. The molecule has 0 aromatic carbocycles. The number of hydrogen-bond donors (Lipinski definition) is 2. The number of fused-ring (bicyclic) bond motifs is 1. The first-order valence-electron chi connectivity index (χ1n) is 9.78. The summed E-state index contributed by atoms with van der Waals surface area (Å²) in [4.78, 5) is 19.5. The highest BCUT2D eigenvalue weighted by molar-refractivity contribution is 5.96. The smallest absolute Gasteiger partial charge is 0.272 e. The van der Waals surface area contributed by atoms with Crippen molar-refractivity contribution in [1.82, 2.24) is 35.0 Å². The van der Waals surface area contributed by atoms with Crippen molar-refractivity contribution >= 4 is 11.6 Å². The lowest BCUT2D eigenvalue weighted by Crippen LogP contribution is -2.61. The molecule has 28 heavy (non-hydrogen) atoms. The van der Waals surface area contributed by atoms with Gasteiger partial charge in [0.1, 0.15) is 6.33 Å². The lowest BCUT2D eigenvalue weighted by molar-refractivity contribution is 0.0709. The minimum Gasteiger partial charge on any atom is -0.345 e. The van der Waals surface area contributed by atoms with Gasteiger partial charge in [0, 0.05) is 36.5 Å². The van der Waals surface area contributed by atoms with Crippen LogP contribution in [-0.4, -0.2) is 60.8 Å². The second kappa shape index (κ2) is 7.01. The van der Waals surface area contributed by atoms with Crippen molar-refractivity contribution in [3.05, 3.63) is 35.4 Å². The van der Waals surface area contributed by atoms with Crippen LogP contribution in [0.25, 0.3) is 16.9 Å². The number of aromatic nitrogens is 5. The third-order valence-electron chi connectivity index (χ3n) is 5.42. The van der Waals surface area contributed by atoms with Gasteiger partial charge in [-0.2, -0.15) is 10.2 Å². The summed E-state index contributed by atoms with van der Waals surface area (Å²) < 4.78 is 1.75. The van der Waals surface area contributed by atoms with Crippen molar-refractivity contribution in [2.75, 3.05) is 13.1 Å². The summed E-state index contributed by atoms with van der Waals surface area (Å²) in [6.07, 6.45) is 3.46. The third kappa shape index (κ3) is 3.17. The molecule has 1 amide bonds. The van der Waals surface area contributed by atoms with Crippen LogP contribution >= 0.6 is 0 Å². The Bertz CT molecular complexity index is 1010. The molecule has 0 bridgehead atoms. The maximum atomic E-state index is 12.9. The van der Waals surface area contributed by atoms with Crippen molar-refractivity contribution in [1.29, 1.82) is 0 Å². The molecule has 1 fully saturated rings. The van der Waals surface area contributed by atoms with E-state index in [-0.39, 0.29) is 17.9 Å². The van der Waals surface area contributed by atoms with E-state index in [4.69, 9.17) is 0 Å².